The first-order chi connectivity index (χ1) is 9.95. The highest BCUT2D eigenvalue weighted by Crippen LogP contribution is 2.22. The summed E-state index contributed by atoms with van der Waals surface area (Å²) >= 11 is 0. The minimum Gasteiger partial charge on any atom is -0.306 e. The zero-order chi connectivity index (χ0) is 15.1. The number of hydrogen-bond donors (Lipinski definition) is 1. The van der Waals surface area contributed by atoms with E-state index in [1.807, 2.05) is 0 Å². The average molecular weight is 290 g/mol. The summed E-state index contributed by atoms with van der Waals surface area (Å²) < 4.78 is 39.5. The molecule has 0 aliphatic heterocycles. The molecule has 0 radical (unpaired) electrons. The van der Waals surface area contributed by atoms with Gasteiger partial charge in [-0.2, -0.15) is 0 Å². The van der Waals surface area contributed by atoms with E-state index in [2.05, 4.69) is 9.97 Å². The number of rotatable bonds is 1. The molecule has 106 valence electrons. The van der Waals surface area contributed by atoms with Crippen LogP contribution in [-0.2, 0) is 0 Å². The van der Waals surface area contributed by atoms with E-state index >= 15 is 0 Å². The Bertz CT molecular complexity index is 919. The molecule has 3 rings (SSSR count). The average Bonchev–Trinajstić information content (AvgIpc) is 2.41. The molecule has 0 unspecified atom stereocenters. The normalized spacial score (nSPS) is 11.0. The van der Waals surface area contributed by atoms with Crippen LogP contribution in [0.4, 0.5) is 13.2 Å². The third-order valence-electron chi connectivity index (χ3n) is 3.19. The second-order valence-corrected chi connectivity index (χ2v) is 4.66. The molecule has 0 atom stereocenters. The van der Waals surface area contributed by atoms with Crippen LogP contribution in [0.1, 0.15) is 5.56 Å². The fourth-order valence-electron chi connectivity index (χ4n) is 2.15. The minimum absolute atomic E-state index is 0.0383. The van der Waals surface area contributed by atoms with E-state index in [1.54, 1.807) is 6.92 Å². The van der Waals surface area contributed by atoms with Gasteiger partial charge in [0.05, 0.1) is 10.9 Å². The quantitative estimate of drug-likeness (QED) is 0.747. The number of fused-ring (bicyclic) bond motifs is 1. The van der Waals surface area contributed by atoms with Crippen LogP contribution in [0.25, 0.3) is 22.3 Å². The maximum absolute atomic E-state index is 13.3. The number of nitrogens with zero attached hydrogens (tertiary/aromatic N) is 1. The SMILES string of the molecule is Cc1cc(F)ccc1-c1nc2cc(F)c(F)cc2c(=O)[nH]1. The van der Waals surface area contributed by atoms with Gasteiger partial charge in [0.2, 0.25) is 0 Å². The van der Waals surface area contributed by atoms with Crippen LogP contribution in [0, 0.1) is 24.4 Å². The Labute approximate surface area is 117 Å². The molecule has 3 aromatic rings. The van der Waals surface area contributed by atoms with Gasteiger partial charge in [-0.25, -0.2) is 18.2 Å². The first-order valence-corrected chi connectivity index (χ1v) is 6.11. The Morgan fingerprint density at radius 3 is 2.48 bits per heavy atom. The van der Waals surface area contributed by atoms with E-state index < -0.39 is 23.0 Å². The van der Waals surface area contributed by atoms with E-state index in [0.717, 1.165) is 12.1 Å². The lowest BCUT2D eigenvalue weighted by Crippen LogP contribution is -2.10. The Morgan fingerprint density at radius 2 is 1.76 bits per heavy atom. The molecule has 21 heavy (non-hydrogen) atoms. The predicted octanol–water partition coefficient (Wildman–Crippen LogP) is 3.32. The Balaban J connectivity index is 2.30. The summed E-state index contributed by atoms with van der Waals surface area (Å²) in [4.78, 5) is 18.6. The maximum atomic E-state index is 13.3. The van der Waals surface area contributed by atoms with Crippen LogP contribution < -0.4 is 5.56 Å². The molecule has 1 aromatic heterocycles. The lowest BCUT2D eigenvalue weighted by Gasteiger charge is -2.07. The molecule has 0 saturated carbocycles. The highest BCUT2D eigenvalue weighted by Gasteiger charge is 2.12. The first kappa shape index (κ1) is 13.4. The van der Waals surface area contributed by atoms with E-state index in [4.69, 9.17) is 0 Å². The van der Waals surface area contributed by atoms with Gasteiger partial charge in [-0.05, 0) is 36.8 Å². The van der Waals surface area contributed by atoms with Crippen molar-refractivity contribution in [1.29, 1.82) is 0 Å². The number of nitrogens with one attached hydrogen (secondary N) is 1. The van der Waals surface area contributed by atoms with Gasteiger partial charge in [-0.15, -0.1) is 0 Å². The molecule has 1 N–H and O–H groups in total. The van der Waals surface area contributed by atoms with Crippen molar-refractivity contribution in [3.8, 4) is 11.4 Å². The van der Waals surface area contributed by atoms with Crippen LogP contribution in [0.5, 0.6) is 0 Å². The number of halogens is 3. The van der Waals surface area contributed by atoms with Crippen LogP contribution >= 0.6 is 0 Å². The standard InChI is InChI=1S/C15H9F3N2O/c1-7-4-8(16)2-3-9(7)14-19-13-6-12(18)11(17)5-10(13)15(21)20-14/h2-6H,1H3,(H,19,20,21). The topological polar surface area (TPSA) is 45.8 Å². The third-order valence-corrected chi connectivity index (χ3v) is 3.19. The Morgan fingerprint density at radius 1 is 1.05 bits per heavy atom. The van der Waals surface area contributed by atoms with Crippen molar-refractivity contribution in [2.45, 2.75) is 6.92 Å². The van der Waals surface area contributed by atoms with Crippen molar-refractivity contribution in [3.05, 3.63) is 63.7 Å². The predicted molar refractivity (Wildman–Crippen MR) is 72.4 cm³/mol. The summed E-state index contributed by atoms with van der Waals surface area (Å²) in [6.45, 7) is 1.66. The van der Waals surface area contributed by atoms with Crippen LogP contribution in [-0.4, -0.2) is 9.97 Å². The van der Waals surface area contributed by atoms with E-state index in [-0.39, 0.29) is 16.7 Å². The summed E-state index contributed by atoms with van der Waals surface area (Å²) in [6, 6.07) is 5.66. The van der Waals surface area contributed by atoms with Gasteiger partial charge < -0.3 is 4.98 Å². The summed E-state index contributed by atoms with van der Waals surface area (Å²) in [5, 5.41) is -0.0441. The van der Waals surface area contributed by atoms with E-state index in [0.29, 0.717) is 11.1 Å². The van der Waals surface area contributed by atoms with Crippen LogP contribution in [0.2, 0.25) is 0 Å². The van der Waals surface area contributed by atoms with Crippen molar-refractivity contribution in [2.75, 3.05) is 0 Å². The van der Waals surface area contributed by atoms with Crippen molar-refractivity contribution in [3.63, 3.8) is 0 Å². The Hall–Kier alpha value is -2.63. The molecular weight excluding hydrogens is 281 g/mol. The number of aromatic amines is 1. The first-order valence-electron chi connectivity index (χ1n) is 6.11. The second-order valence-electron chi connectivity index (χ2n) is 4.66. The molecule has 0 amide bonds. The molecule has 0 bridgehead atoms. The van der Waals surface area contributed by atoms with Crippen molar-refractivity contribution >= 4 is 10.9 Å². The van der Waals surface area contributed by atoms with Gasteiger partial charge in [0.1, 0.15) is 11.6 Å². The largest absolute Gasteiger partial charge is 0.306 e. The lowest BCUT2D eigenvalue weighted by atomic mass is 10.1. The number of aromatic nitrogens is 2. The van der Waals surface area contributed by atoms with Crippen LogP contribution in [0.15, 0.2) is 35.1 Å². The van der Waals surface area contributed by atoms with E-state index in [1.165, 1.54) is 18.2 Å². The molecule has 2 aromatic carbocycles. The van der Waals surface area contributed by atoms with Crippen LogP contribution in [0.3, 0.4) is 0 Å². The van der Waals surface area contributed by atoms with Gasteiger partial charge in [0, 0.05) is 11.6 Å². The van der Waals surface area contributed by atoms with Crippen molar-refractivity contribution in [1.82, 2.24) is 9.97 Å². The molecule has 3 nitrogen and oxygen atoms in total. The van der Waals surface area contributed by atoms with Gasteiger partial charge in [-0.1, -0.05) is 0 Å². The maximum Gasteiger partial charge on any atom is 0.259 e. The molecule has 0 aliphatic carbocycles. The highest BCUT2D eigenvalue weighted by molar-refractivity contribution is 5.79. The number of H-pyrrole nitrogens is 1. The molecule has 0 saturated heterocycles. The summed E-state index contributed by atoms with van der Waals surface area (Å²) in [5.74, 6) is -2.42. The number of benzene rings is 2. The minimum atomic E-state index is -1.11. The van der Waals surface area contributed by atoms with Gasteiger partial charge in [-0.3, -0.25) is 4.79 Å². The fraction of sp³-hybridized carbons (Fsp3) is 0.0667. The lowest BCUT2D eigenvalue weighted by molar-refractivity contribution is 0.510. The molecule has 0 aliphatic rings. The zero-order valence-electron chi connectivity index (χ0n) is 10.9. The second kappa shape index (κ2) is 4.73. The van der Waals surface area contributed by atoms with Gasteiger partial charge in [0.25, 0.3) is 5.56 Å². The monoisotopic (exact) mass is 290 g/mol. The van der Waals surface area contributed by atoms with Crippen molar-refractivity contribution < 1.29 is 13.2 Å². The van der Waals surface area contributed by atoms with Crippen molar-refractivity contribution in [2.24, 2.45) is 0 Å². The summed E-state index contributed by atoms with van der Waals surface area (Å²) in [7, 11) is 0. The number of hydrogen-bond acceptors (Lipinski definition) is 2. The number of aryl methyl sites for hydroxylation is 1. The van der Waals surface area contributed by atoms with Gasteiger partial charge in [0.15, 0.2) is 11.6 Å². The molecule has 0 spiro atoms. The summed E-state index contributed by atoms with van der Waals surface area (Å²) in [5.41, 5.74) is 0.536. The molecule has 0 fully saturated rings. The molecule has 1 heterocycles. The zero-order valence-corrected chi connectivity index (χ0v) is 10.9. The fourth-order valence-corrected chi connectivity index (χ4v) is 2.15. The highest BCUT2D eigenvalue weighted by atomic mass is 19.2. The molecular formula is C15H9F3N2O. The third kappa shape index (κ3) is 2.29. The van der Waals surface area contributed by atoms with E-state index in [9.17, 15) is 18.0 Å². The van der Waals surface area contributed by atoms with Gasteiger partial charge >= 0.3 is 0 Å². The smallest absolute Gasteiger partial charge is 0.259 e. The summed E-state index contributed by atoms with van der Waals surface area (Å²) in [6.07, 6.45) is 0. The Kier molecular flexibility index (Phi) is 3.01. The molecule has 6 heteroatoms.